The summed E-state index contributed by atoms with van der Waals surface area (Å²) in [6.45, 7) is 0. The maximum absolute atomic E-state index is 12.9. The van der Waals surface area contributed by atoms with Crippen molar-refractivity contribution in [3.63, 3.8) is 0 Å². The molecule has 0 saturated heterocycles. The molecule has 3 aromatic rings. The minimum atomic E-state index is -0.570. The lowest BCUT2D eigenvalue weighted by atomic mass is 9.83. The fourth-order valence-electron chi connectivity index (χ4n) is 4.11. The second kappa shape index (κ2) is 9.14. The van der Waals surface area contributed by atoms with Crippen LogP contribution in [0.4, 0.5) is 0 Å². The van der Waals surface area contributed by atoms with Crippen molar-refractivity contribution in [3.8, 4) is 6.07 Å². The number of amides is 2. The number of H-pyrrole nitrogens is 1. The average Bonchev–Trinajstić information content (AvgIpc) is 3.43. The van der Waals surface area contributed by atoms with Crippen LogP contribution in [0.3, 0.4) is 0 Å². The molecule has 7 heteroatoms. The molecule has 2 aromatic heterocycles. The monoisotopic (exact) mass is 420 g/mol. The Balaban J connectivity index is 1.42. The Bertz CT molecular complexity index is 1030. The lowest BCUT2D eigenvalue weighted by molar-refractivity contribution is -0.127. The third-order valence-electron chi connectivity index (χ3n) is 5.69. The van der Waals surface area contributed by atoms with Gasteiger partial charge in [-0.3, -0.25) is 9.59 Å². The molecular weight excluding hydrogens is 396 g/mol. The van der Waals surface area contributed by atoms with Crippen LogP contribution >= 0.6 is 11.3 Å². The van der Waals surface area contributed by atoms with Crippen molar-refractivity contribution >= 4 is 34.1 Å². The molecule has 0 bridgehead atoms. The molecule has 4 rings (SSSR count). The number of fused-ring (bicyclic) bond motifs is 1. The molecule has 0 unspecified atom stereocenters. The first-order valence-electron chi connectivity index (χ1n) is 10.2. The highest BCUT2D eigenvalue weighted by molar-refractivity contribution is 7.07. The van der Waals surface area contributed by atoms with E-state index >= 15 is 0 Å². The van der Waals surface area contributed by atoms with Gasteiger partial charge in [0.15, 0.2) is 0 Å². The summed E-state index contributed by atoms with van der Waals surface area (Å²) in [5, 5.41) is 20.3. The molecule has 6 nitrogen and oxygen atoms in total. The molecule has 30 heavy (non-hydrogen) atoms. The van der Waals surface area contributed by atoms with E-state index in [1.807, 2.05) is 47.2 Å². The van der Waals surface area contributed by atoms with Gasteiger partial charge in [-0.2, -0.15) is 16.6 Å². The summed E-state index contributed by atoms with van der Waals surface area (Å²) in [4.78, 5) is 28.9. The predicted molar refractivity (Wildman–Crippen MR) is 117 cm³/mol. The largest absolute Gasteiger partial charge is 0.351 e. The second-order valence-electron chi connectivity index (χ2n) is 7.77. The molecule has 1 aromatic carbocycles. The Kier molecular flexibility index (Phi) is 6.15. The molecule has 0 spiro atoms. The highest BCUT2D eigenvalue weighted by Crippen LogP contribution is 2.26. The molecule has 3 atom stereocenters. The van der Waals surface area contributed by atoms with E-state index in [0.717, 1.165) is 35.7 Å². The van der Waals surface area contributed by atoms with Gasteiger partial charge in [0.2, 0.25) is 5.91 Å². The van der Waals surface area contributed by atoms with E-state index < -0.39 is 6.04 Å². The van der Waals surface area contributed by atoms with Crippen LogP contribution in [-0.2, 0) is 11.2 Å². The Labute approximate surface area is 179 Å². The summed E-state index contributed by atoms with van der Waals surface area (Å²) < 4.78 is 0. The number of carbonyl (C=O) groups excluding carboxylic acids is 2. The van der Waals surface area contributed by atoms with Crippen molar-refractivity contribution in [2.24, 2.45) is 5.92 Å². The highest BCUT2D eigenvalue weighted by atomic mass is 32.1. The summed E-state index contributed by atoms with van der Waals surface area (Å²) >= 11 is 1.57. The zero-order valence-corrected chi connectivity index (χ0v) is 17.4. The van der Waals surface area contributed by atoms with Crippen molar-refractivity contribution < 1.29 is 9.59 Å². The van der Waals surface area contributed by atoms with Gasteiger partial charge in [0, 0.05) is 23.4 Å². The number of nitriles is 1. The van der Waals surface area contributed by atoms with Crippen molar-refractivity contribution in [2.45, 2.75) is 44.2 Å². The number of carbonyl (C=O) groups is 2. The van der Waals surface area contributed by atoms with Gasteiger partial charge in [-0.15, -0.1) is 0 Å². The van der Waals surface area contributed by atoms with Gasteiger partial charge >= 0.3 is 0 Å². The standard InChI is InChI=1S/C23H24N4O2S/c24-13-17(11-15-9-10-30-14-15)25-22(28)18-6-2-4-8-20(18)27-23(29)21-12-16-5-1-3-7-19(16)26-21/h1,3,5,7,9-10,12,14,17-18,20,26H,2,4,6,8,11H2,(H,25,28)(H,27,29)/t17-,18+,20-/m0/s1. The van der Waals surface area contributed by atoms with E-state index in [2.05, 4.69) is 21.7 Å². The van der Waals surface area contributed by atoms with E-state index in [1.165, 1.54) is 0 Å². The van der Waals surface area contributed by atoms with E-state index in [4.69, 9.17) is 0 Å². The first-order chi connectivity index (χ1) is 14.6. The van der Waals surface area contributed by atoms with E-state index in [9.17, 15) is 14.9 Å². The normalized spacial score (nSPS) is 19.7. The molecule has 1 saturated carbocycles. The summed E-state index contributed by atoms with van der Waals surface area (Å²) in [7, 11) is 0. The Morgan fingerprint density at radius 1 is 1.23 bits per heavy atom. The van der Waals surface area contributed by atoms with Gasteiger partial charge in [-0.05, 0) is 47.4 Å². The van der Waals surface area contributed by atoms with Gasteiger partial charge in [0.05, 0.1) is 12.0 Å². The van der Waals surface area contributed by atoms with Crippen LogP contribution in [0.2, 0.25) is 0 Å². The number of para-hydroxylation sites is 1. The number of nitrogens with zero attached hydrogens (tertiary/aromatic N) is 1. The third kappa shape index (κ3) is 4.55. The molecule has 0 radical (unpaired) electrons. The van der Waals surface area contributed by atoms with Crippen molar-refractivity contribution in [3.05, 3.63) is 58.4 Å². The topological polar surface area (TPSA) is 97.8 Å². The SMILES string of the molecule is N#C[C@H](Cc1ccsc1)NC(=O)[C@@H]1CCCC[C@@H]1NC(=O)c1cc2ccccc2[nH]1. The Hall–Kier alpha value is -3.11. The summed E-state index contributed by atoms with van der Waals surface area (Å²) in [5.41, 5.74) is 2.44. The van der Waals surface area contributed by atoms with E-state index in [-0.39, 0.29) is 23.8 Å². The fourth-order valence-corrected chi connectivity index (χ4v) is 4.79. The van der Waals surface area contributed by atoms with Crippen molar-refractivity contribution in [1.82, 2.24) is 15.6 Å². The fraction of sp³-hybridized carbons (Fsp3) is 0.348. The second-order valence-corrected chi connectivity index (χ2v) is 8.55. The predicted octanol–water partition coefficient (Wildman–Crippen LogP) is 3.77. The first-order valence-corrected chi connectivity index (χ1v) is 11.2. The summed E-state index contributed by atoms with van der Waals surface area (Å²) in [6.07, 6.45) is 3.87. The molecule has 1 aliphatic carbocycles. The lowest BCUT2D eigenvalue weighted by Crippen LogP contribution is -2.50. The van der Waals surface area contributed by atoms with Gasteiger partial charge in [0.1, 0.15) is 11.7 Å². The molecule has 3 N–H and O–H groups in total. The molecule has 2 amide bonds. The summed E-state index contributed by atoms with van der Waals surface area (Å²) in [6, 6.07) is 12.9. The van der Waals surface area contributed by atoms with Crippen LogP contribution in [0, 0.1) is 17.2 Å². The van der Waals surface area contributed by atoms with Crippen LogP contribution in [-0.4, -0.2) is 28.9 Å². The quantitative estimate of drug-likeness (QED) is 0.566. The first kappa shape index (κ1) is 20.2. The number of hydrogen-bond acceptors (Lipinski definition) is 4. The Morgan fingerprint density at radius 3 is 2.83 bits per heavy atom. The zero-order chi connectivity index (χ0) is 20.9. The maximum Gasteiger partial charge on any atom is 0.267 e. The van der Waals surface area contributed by atoms with Crippen molar-refractivity contribution in [1.29, 1.82) is 5.26 Å². The lowest BCUT2D eigenvalue weighted by Gasteiger charge is -2.31. The molecule has 0 aliphatic heterocycles. The van der Waals surface area contributed by atoms with Gasteiger partial charge in [0.25, 0.3) is 5.91 Å². The number of thiophene rings is 1. The molecule has 2 heterocycles. The number of aromatic nitrogens is 1. The van der Waals surface area contributed by atoms with Crippen molar-refractivity contribution in [2.75, 3.05) is 0 Å². The van der Waals surface area contributed by atoms with Crippen LogP contribution in [0.1, 0.15) is 41.7 Å². The van der Waals surface area contributed by atoms with Gasteiger partial charge in [-0.1, -0.05) is 31.0 Å². The molecule has 1 fully saturated rings. The number of benzene rings is 1. The minimum Gasteiger partial charge on any atom is -0.351 e. The van der Waals surface area contributed by atoms with Crippen LogP contribution in [0.25, 0.3) is 10.9 Å². The van der Waals surface area contributed by atoms with E-state index in [1.54, 1.807) is 11.3 Å². The Morgan fingerprint density at radius 2 is 2.07 bits per heavy atom. The zero-order valence-electron chi connectivity index (χ0n) is 16.6. The van der Waals surface area contributed by atoms with E-state index in [0.29, 0.717) is 18.5 Å². The maximum atomic E-state index is 12.9. The molecule has 154 valence electrons. The van der Waals surface area contributed by atoms with Crippen LogP contribution in [0.15, 0.2) is 47.2 Å². The molecular formula is C23H24N4O2S. The third-order valence-corrected chi connectivity index (χ3v) is 6.42. The van der Waals surface area contributed by atoms with Gasteiger partial charge < -0.3 is 15.6 Å². The number of aromatic amines is 1. The highest BCUT2D eigenvalue weighted by Gasteiger charge is 2.33. The minimum absolute atomic E-state index is 0.154. The average molecular weight is 421 g/mol. The number of nitrogens with one attached hydrogen (secondary N) is 3. The van der Waals surface area contributed by atoms with Crippen LogP contribution in [0.5, 0.6) is 0 Å². The number of hydrogen-bond donors (Lipinski definition) is 3. The smallest absolute Gasteiger partial charge is 0.267 e. The number of rotatable bonds is 6. The van der Waals surface area contributed by atoms with Crippen LogP contribution < -0.4 is 10.6 Å². The van der Waals surface area contributed by atoms with Gasteiger partial charge in [-0.25, -0.2) is 0 Å². The molecule has 1 aliphatic rings. The summed E-state index contributed by atoms with van der Waals surface area (Å²) in [5.74, 6) is -0.685.